The molecular formula is C30H37NO5S2. The van der Waals surface area contributed by atoms with Gasteiger partial charge in [-0.2, -0.15) is 4.98 Å². The van der Waals surface area contributed by atoms with Crippen molar-refractivity contribution in [1.29, 1.82) is 0 Å². The number of hydrogen-bond acceptors (Lipinski definition) is 8. The molecule has 204 valence electrons. The van der Waals surface area contributed by atoms with Crippen molar-refractivity contribution in [3.63, 3.8) is 0 Å². The smallest absolute Gasteiger partial charge is 0.337 e. The summed E-state index contributed by atoms with van der Waals surface area (Å²) < 4.78 is 10.9. The molecule has 0 saturated heterocycles. The molecule has 3 rings (SSSR count). The molecule has 1 saturated carbocycles. The summed E-state index contributed by atoms with van der Waals surface area (Å²) in [4.78, 5) is 39.3. The van der Waals surface area contributed by atoms with E-state index in [0.717, 1.165) is 52.7 Å². The van der Waals surface area contributed by atoms with E-state index < -0.39 is 0 Å². The zero-order valence-electron chi connectivity index (χ0n) is 22.3. The van der Waals surface area contributed by atoms with Crippen molar-refractivity contribution < 1.29 is 19.1 Å². The van der Waals surface area contributed by atoms with Crippen LogP contribution in [0.2, 0.25) is 0 Å². The van der Waals surface area contributed by atoms with Crippen LogP contribution in [0.5, 0.6) is 5.75 Å². The number of esters is 2. The van der Waals surface area contributed by atoms with Gasteiger partial charge in [0.05, 0.1) is 0 Å². The number of ether oxygens (including phenoxy) is 2. The molecule has 0 spiro atoms. The van der Waals surface area contributed by atoms with Gasteiger partial charge in [-0.25, -0.2) is 0 Å². The Morgan fingerprint density at radius 3 is 2.39 bits per heavy atom. The van der Waals surface area contributed by atoms with Crippen molar-refractivity contribution >= 4 is 32.6 Å². The van der Waals surface area contributed by atoms with Crippen molar-refractivity contribution in [1.82, 2.24) is 4.98 Å². The molecule has 0 unspecified atom stereocenters. The summed E-state index contributed by atoms with van der Waals surface area (Å²) in [5.74, 6) is 0.574. The largest absolute Gasteiger partial charge is 0.461 e. The normalized spacial score (nSPS) is 20.9. The number of carbonyl (C=O) groups is 2. The van der Waals surface area contributed by atoms with Gasteiger partial charge in [-0.15, -0.1) is 6.58 Å². The SMILES string of the molecule is C=C[C@]1(C)CC[C@@H](C(=C)COC(=O)CCCCCC(=O)Oc2ccc(-c3nc(=O)ss3)cc2)C[C@H]1C(=C)C. The van der Waals surface area contributed by atoms with Crippen LogP contribution >= 0.6 is 20.7 Å². The summed E-state index contributed by atoms with van der Waals surface area (Å²) in [6.07, 6.45) is 7.67. The molecule has 1 aromatic carbocycles. The Hall–Kier alpha value is -2.84. The Balaban J connectivity index is 1.29. The van der Waals surface area contributed by atoms with Crippen molar-refractivity contribution in [3.8, 4) is 16.3 Å². The minimum absolute atomic E-state index is 0.0579. The lowest BCUT2D eigenvalue weighted by Gasteiger charge is -2.43. The maximum absolute atomic E-state index is 12.2. The van der Waals surface area contributed by atoms with Gasteiger partial charge < -0.3 is 9.47 Å². The van der Waals surface area contributed by atoms with Crippen LogP contribution in [-0.4, -0.2) is 23.5 Å². The Morgan fingerprint density at radius 1 is 1.11 bits per heavy atom. The number of unbranched alkanes of at least 4 members (excludes halogenated alkanes) is 2. The van der Waals surface area contributed by atoms with Gasteiger partial charge in [0, 0.05) is 18.4 Å². The van der Waals surface area contributed by atoms with Gasteiger partial charge in [0.2, 0.25) is 0 Å². The molecule has 1 heterocycles. The first-order valence-corrected chi connectivity index (χ1v) is 15.2. The van der Waals surface area contributed by atoms with Gasteiger partial charge in [-0.3, -0.25) is 14.4 Å². The van der Waals surface area contributed by atoms with Gasteiger partial charge in [0.15, 0.2) is 0 Å². The number of rotatable bonds is 13. The molecule has 0 amide bonds. The molecule has 0 aliphatic heterocycles. The van der Waals surface area contributed by atoms with Crippen LogP contribution < -0.4 is 9.61 Å². The molecule has 38 heavy (non-hydrogen) atoms. The van der Waals surface area contributed by atoms with E-state index in [-0.39, 0.29) is 35.3 Å². The van der Waals surface area contributed by atoms with Crippen LogP contribution in [-0.2, 0) is 14.3 Å². The van der Waals surface area contributed by atoms with Crippen molar-refractivity contribution in [3.05, 3.63) is 70.9 Å². The van der Waals surface area contributed by atoms with Crippen LogP contribution in [0, 0.1) is 17.3 Å². The standard InChI is InChI=1S/C30H37NO5S2/c1-6-30(5)17-16-23(18-25(30)20(2)3)21(4)19-35-26(32)10-8-7-9-11-27(33)36-24-14-12-22(13-15-24)28-31-29(34)38-37-28/h6,12-15,23,25H,1-2,4,7-11,16-19H2,3,5H3/t23-,25+,30-/m1/s1. The third-order valence-corrected chi connectivity index (χ3v) is 9.34. The van der Waals surface area contributed by atoms with Crippen LogP contribution in [0.1, 0.15) is 65.2 Å². The molecule has 1 fully saturated rings. The number of hydrogen-bond donors (Lipinski definition) is 0. The second-order valence-electron chi connectivity index (χ2n) is 10.3. The summed E-state index contributed by atoms with van der Waals surface area (Å²) >= 11 is 0. The molecule has 3 atom stereocenters. The first kappa shape index (κ1) is 29.7. The Bertz CT molecular complexity index is 1210. The van der Waals surface area contributed by atoms with E-state index in [4.69, 9.17) is 9.47 Å². The van der Waals surface area contributed by atoms with Crippen LogP contribution in [0.15, 0.2) is 66.0 Å². The molecule has 6 nitrogen and oxygen atoms in total. The number of aromatic nitrogens is 1. The minimum atomic E-state index is -0.317. The fraction of sp³-hybridized carbons (Fsp3) is 0.467. The van der Waals surface area contributed by atoms with Crippen LogP contribution in [0.4, 0.5) is 0 Å². The van der Waals surface area contributed by atoms with Crippen molar-refractivity contribution in [2.45, 2.75) is 65.2 Å². The van der Waals surface area contributed by atoms with E-state index in [2.05, 4.69) is 44.6 Å². The maximum Gasteiger partial charge on any atom is 0.337 e. The van der Waals surface area contributed by atoms with Crippen molar-refractivity contribution in [2.24, 2.45) is 17.3 Å². The third-order valence-electron chi connectivity index (χ3n) is 7.38. The van der Waals surface area contributed by atoms with E-state index in [9.17, 15) is 14.4 Å². The van der Waals surface area contributed by atoms with E-state index in [0.29, 0.717) is 41.9 Å². The molecule has 1 aliphatic rings. The predicted octanol–water partition coefficient (Wildman–Crippen LogP) is 7.37. The average molecular weight is 556 g/mol. The highest BCUT2D eigenvalue weighted by Gasteiger charge is 2.38. The molecule has 1 aliphatic carbocycles. The Kier molecular flexibility index (Phi) is 10.8. The maximum atomic E-state index is 12.2. The summed E-state index contributed by atoms with van der Waals surface area (Å²) in [6.45, 7) is 17.0. The first-order chi connectivity index (χ1) is 18.1. The first-order valence-electron chi connectivity index (χ1n) is 13.0. The monoisotopic (exact) mass is 555 g/mol. The summed E-state index contributed by atoms with van der Waals surface area (Å²) in [5, 5.41) is 0.655. The summed E-state index contributed by atoms with van der Waals surface area (Å²) in [7, 11) is 2.41. The molecule has 2 aromatic rings. The molecule has 0 N–H and O–H groups in total. The van der Waals surface area contributed by atoms with E-state index in [1.165, 1.54) is 10.3 Å². The summed E-state index contributed by atoms with van der Waals surface area (Å²) in [6, 6.07) is 6.94. The molecule has 0 bridgehead atoms. The highest BCUT2D eigenvalue weighted by atomic mass is 32.9. The lowest BCUT2D eigenvalue weighted by molar-refractivity contribution is -0.143. The van der Waals surface area contributed by atoms with Crippen LogP contribution in [0.25, 0.3) is 10.6 Å². The Labute approximate surface area is 232 Å². The second kappa shape index (κ2) is 13.8. The number of carbonyl (C=O) groups excluding carboxylic acids is 2. The highest BCUT2D eigenvalue weighted by Crippen LogP contribution is 2.48. The van der Waals surface area contributed by atoms with Crippen molar-refractivity contribution in [2.75, 3.05) is 6.61 Å². The van der Waals surface area contributed by atoms with E-state index in [1.54, 1.807) is 24.3 Å². The average Bonchev–Trinajstić information content (AvgIpc) is 3.33. The van der Waals surface area contributed by atoms with E-state index >= 15 is 0 Å². The topological polar surface area (TPSA) is 82.6 Å². The molecule has 8 heteroatoms. The number of benzene rings is 1. The van der Waals surface area contributed by atoms with Gasteiger partial charge >= 0.3 is 16.8 Å². The minimum Gasteiger partial charge on any atom is -0.461 e. The van der Waals surface area contributed by atoms with Gasteiger partial charge in [-0.1, -0.05) is 48.5 Å². The second-order valence-corrected chi connectivity index (χ2v) is 12.4. The van der Waals surface area contributed by atoms with E-state index in [1.807, 2.05) is 0 Å². The molecular weight excluding hydrogens is 518 g/mol. The quantitative estimate of drug-likeness (QED) is 0.0844. The lowest BCUT2D eigenvalue weighted by Crippen LogP contribution is -2.34. The zero-order chi connectivity index (χ0) is 27.7. The van der Waals surface area contributed by atoms with Crippen LogP contribution in [0.3, 0.4) is 0 Å². The summed E-state index contributed by atoms with van der Waals surface area (Å²) in [5.41, 5.74) is 3.00. The van der Waals surface area contributed by atoms with Gasteiger partial charge in [0.25, 0.3) is 0 Å². The predicted molar refractivity (Wildman–Crippen MR) is 154 cm³/mol. The fourth-order valence-corrected chi connectivity index (χ4v) is 6.60. The fourth-order valence-electron chi connectivity index (χ4n) is 4.94. The lowest BCUT2D eigenvalue weighted by atomic mass is 9.61. The Morgan fingerprint density at radius 2 is 1.79 bits per heavy atom. The zero-order valence-corrected chi connectivity index (χ0v) is 24.0. The number of allylic oxidation sites excluding steroid dienone is 2. The van der Waals surface area contributed by atoms with Gasteiger partial charge in [-0.05, 0) is 96.5 Å². The highest BCUT2D eigenvalue weighted by molar-refractivity contribution is 7.69. The number of nitrogens with zero attached hydrogens (tertiary/aromatic N) is 1. The third kappa shape index (κ3) is 8.33. The van der Waals surface area contributed by atoms with Gasteiger partial charge in [0.1, 0.15) is 17.4 Å². The molecule has 0 radical (unpaired) electrons. The molecule has 1 aromatic heterocycles.